The van der Waals surface area contributed by atoms with Crippen molar-refractivity contribution in [2.75, 3.05) is 13.7 Å². The Hall–Kier alpha value is -2.60. The third-order valence-electron chi connectivity index (χ3n) is 4.05. The minimum atomic E-state index is -0.128. The summed E-state index contributed by atoms with van der Waals surface area (Å²) in [4.78, 5) is 15.7. The van der Waals surface area contributed by atoms with E-state index in [0.717, 1.165) is 22.2 Å². The molecule has 0 fully saturated rings. The second-order valence-corrected chi connectivity index (χ2v) is 5.98. The van der Waals surface area contributed by atoms with Crippen molar-refractivity contribution in [2.45, 2.75) is 26.4 Å². The number of rotatable bonds is 6. The zero-order valence-corrected chi connectivity index (χ0v) is 14.2. The number of aromatic nitrogens is 3. The number of aromatic amines is 1. The van der Waals surface area contributed by atoms with Crippen LogP contribution in [0.1, 0.15) is 34.6 Å². The van der Waals surface area contributed by atoms with Crippen LogP contribution in [-0.4, -0.2) is 34.4 Å². The summed E-state index contributed by atoms with van der Waals surface area (Å²) in [6.07, 6.45) is 3.32. The fourth-order valence-electron chi connectivity index (χ4n) is 2.72. The van der Waals surface area contributed by atoms with Gasteiger partial charge in [-0.25, -0.2) is 0 Å². The molecular weight excluding hydrogens is 304 g/mol. The molecule has 0 saturated heterocycles. The lowest BCUT2D eigenvalue weighted by Gasteiger charge is -2.14. The SMILES string of the molecule is COCCn1cc(C(=O)NC(C)c2ccc3[nH]c(C)cc3c2)cn1. The first kappa shape index (κ1) is 16.3. The summed E-state index contributed by atoms with van der Waals surface area (Å²) in [6.45, 7) is 5.21. The van der Waals surface area contributed by atoms with Gasteiger partial charge in [-0.1, -0.05) is 6.07 Å². The van der Waals surface area contributed by atoms with Gasteiger partial charge in [0.1, 0.15) is 0 Å². The van der Waals surface area contributed by atoms with Gasteiger partial charge in [0.05, 0.1) is 31.0 Å². The summed E-state index contributed by atoms with van der Waals surface area (Å²) in [5, 5.41) is 8.34. The molecule has 0 radical (unpaired) electrons. The lowest BCUT2D eigenvalue weighted by molar-refractivity contribution is 0.0939. The average Bonchev–Trinajstić information content (AvgIpc) is 3.17. The zero-order chi connectivity index (χ0) is 17.1. The molecule has 2 heterocycles. The molecule has 24 heavy (non-hydrogen) atoms. The van der Waals surface area contributed by atoms with Gasteiger partial charge in [-0.3, -0.25) is 9.48 Å². The number of ether oxygens (including phenoxy) is 1. The van der Waals surface area contributed by atoms with Crippen molar-refractivity contribution in [1.29, 1.82) is 0 Å². The van der Waals surface area contributed by atoms with Gasteiger partial charge in [0.15, 0.2) is 0 Å². The quantitative estimate of drug-likeness (QED) is 0.731. The first-order chi connectivity index (χ1) is 11.6. The molecule has 2 N–H and O–H groups in total. The van der Waals surface area contributed by atoms with Gasteiger partial charge in [0.2, 0.25) is 0 Å². The number of fused-ring (bicyclic) bond motifs is 1. The number of nitrogens with one attached hydrogen (secondary N) is 2. The number of benzene rings is 1. The number of nitrogens with zero attached hydrogens (tertiary/aromatic N) is 2. The van der Waals surface area contributed by atoms with Crippen LogP contribution in [-0.2, 0) is 11.3 Å². The number of amides is 1. The van der Waals surface area contributed by atoms with Crippen LogP contribution in [0.25, 0.3) is 10.9 Å². The summed E-state index contributed by atoms with van der Waals surface area (Å²) in [5.74, 6) is -0.128. The lowest BCUT2D eigenvalue weighted by Crippen LogP contribution is -2.26. The number of carbonyl (C=O) groups is 1. The fraction of sp³-hybridized carbons (Fsp3) is 0.333. The first-order valence-electron chi connectivity index (χ1n) is 7.98. The summed E-state index contributed by atoms with van der Waals surface area (Å²) < 4.78 is 6.72. The molecule has 6 nitrogen and oxygen atoms in total. The number of methoxy groups -OCH3 is 1. The van der Waals surface area contributed by atoms with E-state index in [-0.39, 0.29) is 11.9 Å². The Bertz CT molecular complexity index is 850. The van der Waals surface area contributed by atoms with Gasteiger partial charge in [0.25, 0.3) is 5.91 Å². The number of hydrogen-bond donors (Lipinski definition) is 2. The third kappa shape index (κ3) is 3.49. The number of carbonyl (C=O) groups excluding carboxylic acids is 1. The molecule has 0 bridgehead atoms. The van der Waals surface area contributed by atoms with Crippen molar-refractivity contribution < 1.29 is 9.53 Å². The first-order valence-corrected chi connectivity index (χ1v) is 7.98. The Morgan fingerprint density at radius 3 is 3.04 bits per heavy atom. The molecule has 0 aliphatic heterocycles. The maximum atomic E-state index is 12.4. The van der Waals surface area contributed by atoms with E-state index in [2.05, 4.69) is 27.5 Å². The van der Waals surface area contributed by atoms with E-state index in [0.29, 0.717) is 18.7 Å². The van der Waals surface area contributed by atoms with Crippen molar-refractivity contribution in [1.82, 2.24) is 20.1 Å². The molecule has 2 aromatic heterocycles. The highest BCUT2D eigenvalue weighted by Gasteiger charge is 2.14. The van der Waals surface area contributed by atoms with E-state index in [1.807, 2.05) is 26.0 Å². The highest BCUT2D eigenvalue weighted by molar-refractivity contribution is 5.94. The largest absolute Gasteiger partial charge is 0.383 e. The predicted octanol–water partition coefficient (Wildman–Crippen LogP) is 2.81. The molecule has 0 aliphatic carbocycles. The molecule has 1 atom stereocenters. The maximum Gasteiger partial charge on any atom is 0.254 e. The van der Waals surface area contributed by atoms with Crippen LogP contribution in [0.4, 0.5) is 0 Å². The van der Waals surface area contributed by atoms with Gasteiger partial charge < -0.3 is 15.0 Å². The summed E-state index contributed by atoms with van der Waals surface area (Å²) in [6, 6.07) is 8.20. The normalized spacial score (nSPS) is 12.5. The monoisotopic (exact) mass is 326 g/mol. The van der Waals surface area contributed by atoms with Gasteiger partial charge in [-0.05, 0) is 43.0 Å². The summed E-state index contributed by atoms with van der Waals surface area (Å²) in [7, 11) is 1.64. The van der Waals surface area contributed by atoms with Gasteiger partial charge in [0, 0.05) is 24.5 Å². The van der Waals surface area contributed by atoms with Gasteiger partial charge >= 0.3 is 0 Å². The topological polar surface area (TPSA) is 71.9 Å². The maximum absolute atomic E-state index is 12.4. The van der Waals surface area contributed by atoms with Crippen LogP contribution in [0.15, 0.2) is 36.7 Å². The Morgan fingerprint density at radius 2 is 2.25 bits per heavy atom. The Morgan fingerprint density at radius 1 is 1.42 bits per heavy atom. The molecule has 1 aromatic carbocycles. The molecule has 3 rings (SSSR count). The third-order valence-corrected chi connectivity index (χ3v) is 4.05. The van der Waals surface area contributed by atoms with Crippen molar-refractivity contribution in [2.24, 2.45) is 0 Å². The molecule has 1 amide bonds. The zero-order valence-electron chi connectivity index (χ0n) is 14.2. The number of aryl methyl sites for hydroxylation is 1. The Balaban J connectivity index is 1.69. The molecule has 0 spiro atoms. The number of H-pyrrole nitrogens is 1. The highest BCUT2D eigenvalue weighted by atomic mass is 16.5. The van der Waals surface area contributed by atoms with E-state index in [9.17, 15) is 4.79 Å². The van der Waals surface area contributed by atoms with E-state index in [1.54, 1.807) is 24.2 Å². The second kappa shape index (κ2) is 6.88. The van der Waals surface area contributed by atoms with Crippen LogP contribution < -0.4 is 5.32 Å². The van der Waals surface area contributed by atoms with E-state index < -0.39 is 0 Å². The molecular formula is C18H22N4O2. The molecule has 3 aromatic rings. The predicted molar refractivity (Wildman–Crippen MR) is 93.0 cm³/mol. The molecule has 0 saturated carbocycles. The smallest absolute Gasteiger partial charge is 0.254 e. The fourth-order valence-corrected chi connectivity index (χ4v) is 2.72. The van der Waals surface area contributed by atoms with Gasteiger partial charge in [-0.15, -0.1) is 0 Å². The second-order valence-electron chi connectivity index (χ2n) is 5.98. The lowest BCUT2D eigenvalue weighted by atomic mass is 10.1. The summed E-state index contributed by atoms with van der Waals surface area (Å²) >= 11 is 0. The van der Waals surface area contributed by atoms with Gasteiger partial charge in [-0.2, -0.15) is 5.10 Å². The minimum Gasteiger partial charge on any atom is -0.383 e. The highest BCUT2D eigenvalue weighted by Crippen LogP contribution is 2.21. The van der Waals surface area contributed by atoms with E-state index in [1.165, 1.54) is 0 Å². The van der Waals surface area contributed by atoms with Crippen molar-refractivity contribution in [3.63, 3.8) is 0 Å². The van der Waals surface area contributed by atoms with Crippen LogP contribution in [0, 0.1) is 6.92 Å². The van der Waals surface area contributed by atoms with Crippen molar-refractivity contribution in [3.05, 3.63) is 53.5 Å². The Labute approximate surface area is 140 Å². The standard InChI is InChI=1S/C18H22N4O2/c1-12-8-15-9-14(4-5-17(15)20-12)13(2)21-18(23)16-10-19-22(11-16)6-7-24-3/h4-5,8-11,13,20H,6-7H2,1-3H3,(H,21,23). The average molecular weight is 326 g/mol. The Kier molecular flexibility index (Phi) is 4.66. The minimum absolute atomic E-state index is 0.0839. The summed E-state index contributed by atoms with van der Waals surface area (Å²) in [5.41, 5.74) is 3.86. The van der Waals surface area contributed by atoms with Crippen LogP contribution in [0.5, 0.6) is 0 Å². The molecule has 1 unspecified atom stereocenters. The van der Waals surface area contributed by atoms with Crippen molar-refractivity contribution >= 4 is 16.8 Å². The molecule has 126 valence electrons. The van der Waals surface area contributed by atoms with Crippen molar-refractivity contribution in [3.8, 4) is 0 Å². The van der Waals surface area contributed by atoms with Crippen LogP contribution in [0.2, 0.25) is 0 Å². The van der Waals surface area contributed by atoms with E-state index in [4.69, 9.17) is 4.74 Å². The molecule has 0 aliphatic rings. The molecule has 6 heteroatoms. The van der Waals surface area contributed by atoms with Crippen LogP contribution in [0.3, 0.4) is 0 Å². The van der Waals surface area contributed by atoms with Crippen LogP contribution >= 0.6 is 0 Å². The number of hydrogen-bond acceptors (Lipinski definition) is 3. The van der Waals surface area contributed by atoms with E-state index >= 15 is 0 Å².